The van der Waals surface area contributed by atoms with E-state index in [-0.39, 0.29) is 35.2 Å². The molecule has 0 bridgehead atoms. The summed E-state index contributed by atoms with van der Waals surface area (Å²) in [6.45, 7) is 13.4. The van der Waals surface area contributed by atoms with E-state index in [0.717, 1.165) is 32.1 Å². The van der Waals surface area contributed by atoms with Crippen molar-refractivity contribution in [1.29, 1.82) is 0 Å². The van der Waals surface area contributed by atoms with Gasteiger partial charge >= 0.3 is 12.0 Å². The second-order valence-electron chi connectivity index (χ2n) is 14.9. The highest BCUT2D eigenvalue weighted by Crippen LogP contribution is 2.65. The standard InChI is InChI=1S/C31H49N5O7/c1-15(2)43-28(41)21(17-9-8-10-17)34-29(42)35-24(30(3,4)5)27(40)36-14-18-20(31(18,6)7)22(36)26(39)33-19(13-16-11-12-16)23(37)25(32)38/h15-22,24H,8-14H2,1-7H3,(H2,32,38)(H,33,39)(H2,34,35,42)/t18-,19?,20-,21-,22-,24+/m0/s1. The molecule has 1 aliphatic heterocycles. The number of fused-ring (bicyclic) bond motifs is 1. The SMILES string of the molecule is CC(C)OC(=O)[C@@H](NC(=O)N[C@H](C(=O)N1C[C@H]2[C@@H]([C@H]1C(=O)NC(CC1CC1)C(=O)C(N)=O)C2(C)C)C(C)(C)C)C1CCC1. The Balaban J connectivity index is 1.51. The van der Waals surface area contributed by atoms with Gasteiger partial charge in [0.25, 0.3) is 5.91 Å². The van der Waals surface area contributed by atoms with Gasteiger partial charge in [0.05, 0.1) is 12.1 Å². The minimum atomic E-state index is -1.10. The number of primary amides is 1. The Hall–Kier alpha value is -3.18. The maximum Gasteiger partial charge on any atom is 0.329 e. The average molecular weight is 604 g/mol. The summed E-state index contributed by atoms with van der Waals surface area (Å²) < 4.78 is 5.38. The van der Waals surface area contributed by atoms with Crippen LogP contribution in [0, 0.1) is 34.5 Å². The van der Waals surface area contributed by atoms with Crippen molar-refractivity contribution in [1.82, 2.24) is 20.9 Å². The van der Waals surface area contributed by atoms with Crippen LogP contribution in [0.4, 0.5) is 4.79 Å². The Morgan fingerprint density at radius 3 is 2.09 bits per heavy atom. The molecule has 1 unspecified atom stereocenters. The van der Waals surface area contributed by atoms with Gasteiger partial charge < -0.3 is 31.3 Å². The summed E-state index contributed by atoms with van der Waals surface area (Å²) in [6, 6.07) is -4.40. The van der Waals surface area contributed by atoms with Crippen LogP contribution in [0.5, 0.6) is 0 Å². The third kappa shape index (κ3) is 7.15. The minimum absolute atomic E-state index is 0.0338. The fraction of sp³-hybridized carbons (Fsp3) is 0.806. The number of nitrogens with two attached hydrogens (primary N) is 1. The van der Waals surface area contributed by atoms with E-state index in [2.05, 4.69) is 16.0 Å². The lowest BCUT2D eigenvalue weighted by atomic mass is 9.79. The van der Waals surface area contributed by atoms with Crippen molar-refractivity contribution < 1.29 is 33.5 Å². The van der Waals surface area contributed by atoms with Gasteiger partial charge in [0, 0.05) is 6.54 Å². The molecule has 6 atom stereocenters. The number of amides is 5. The first-order valence-electron chi connectivity index (χ1n) is 15.7. The maximum atomic E-state index is 14.2. The summed E-state index contributed by atoms with van der Waals surface area (Å²) in [5.74, 6) is -3.21. The van der Waals surface area contributed by atoms with E-state index in [0.29, 0.717) is 13.0 Å². The highest BCUT2D eigenvalue weighted by atomic mass is 16.5. The number of rotatable bonds is 12. The van der Waals surface area contributed by atoms with Crippen LogP contribution in [0.25, 0.3) is 0 Å². The molecule has 4 fully saturated rings. The molecule has 1 saturated heterocycles. The summed E-state index contributed by atoms with van der Waals surface area (Å²) in [5.41, 5.74) is 4.35. The number of likely N-dealkylation sites (tertiary alicyclic amines) is 1. The second-order valence-corrected chi connectivity index (χ2v) is 14.9. The fourth-order valence-electron chi connectivity index (χ4n) is 6.74. The van der Waals surface area contributed by atoms with Gasteiger partial charge in [-0.2, -0.15) is 0 Å². The molecule has 0 radical (unpaired) electrons. The van der Waals surface area contributed by atoms with E-state index in [1.807, 2.05) is 34.6 Å². The summed E-state index contributed by atoms with van der Waals surface area (Å²) >= 11 is 0. The van der Waals surface area contributed by atoms with Crippen molar-refractivity contribution in [2.24, 2.45) is 40.2 Å². The molecule has 43 heavy (non-hydrogen) atoms. The number of ketones is 1. The van der Waals surface area contributed by atoms with Crippen LogP contribution in [0.1, 0.15) is 87.0 Å². The van der Waals surface area contributed by atoms with Crippen LogP contribution in [0.2, 0.25) is 0 Å². The smallest absolute Gasteiger partial charge is 0.329 e. The molecule has 4 aliphatic rings. The van der Waals surface area contributed by atoms with E-state index in [1.165, 1.54) is 4.90 Å². The number of carbonyl (C=O) groups excluding carboxylic acids is 6. The first-order chi connectivity index (χ1) is 19.9. The van der Waals surface area contributed by atoms with Crippen LogP contribution >= 0.6 is 0 Å². The normalized spacial score (nSPS) is 26.3. The summed E-state index contributed by atoms with van der Waals surface area (Å²) in [4.78, 5) is 79.8. The predicted octanol–water partition coefficient (Wildman–Crippen LogP) is 1.64. The zero-order valence-corrected chi connectivity index (χ0v) is 26.5. The number of hydrogen-bond acceptors (Lipinski definition) is 7. The van der Waals surface area contributed by atoms with Crippen LogP contribution in [0.3, 0.4) is 0 Å². The molecule has 5 amide bonds. The van der Waals surface area contributed by atoms with Gasteiger partial charge in [-0.25, -0.2) is 9.59 Å². The zero-order valence-electron chi connectivity index (χ0n) is 26.5. The third-order valence-electron chi connectivity index (χ3n) is 9.80. The lowest BCUT2D eigenvalue weighted by molar-refractivity contribution is -0.152. The van der Waals surface area contributed by atoms with Crippen LogP contribution in [0.15, 0.2) is 0 Å². The van der Waals surface area contributed by atoms with Crippen molar-refractivity contribution in [3.05, 3.63) is 0 Å². The van der Waals surface area contributed by atoms with Crippen LogP contribution in [-0.2, 0) is 28.7 Å². The molecule has 0 aromatic rings. The van der Waals surface area contributed by atoms with Crippen LogP contribution < -0.4 is 21.7 Å². The largest absolute Gasteiger partial charge is 0.461 e. The molecule has 1 heterocycles. The number of carbonyl (C=O) groups is 6. The summed E-state index contributed by atoms with van der Waals surface area (Å²) in [7, 11) is 0. The number of ether oxygens (including phenoxy) is 1. The quantitative estimate of drug-likeness (QED) is 0.194. The Kier molecular flexibility index (Phi) is 9.19. The number of hydrogen-bond donors (Lipinski definition) is 4. The van der Waals surface area contributed by atoms with Crippen molar-refractivity contribution >= 4 is 35.5 Å². The Labute approximate surface area is 253 Å². The average Bonchev–Trinajstić information content (AvgIpc) is 3.70. The van der Waals surface area contributed by atoms with Gasteiger partial charge in [0.1, 0.15) is 18.1 Å². The molecule has 12 heteroatoms. The summed E-state index contributed by atoms with van der Waals surface area (Å²) in [5, 5.41) is 8.31. The fourth-order valence-corrected chi connectivity index (χ4v) is 6.74. The van der Waals surface area contributed by atoms with Gasteiger partial charge in [-0.15, -0.1) is 0 Å². The second kappa shape index (κ2) is 12.1. The molecule has 5 N–H and O–H groups in total. The monoisotopic (exact) mass is 603 g/mol. The Bertz CT molecular complexity index is 1150. The highest BCUT2D eigenvalue weighted by Gasteiger charge is 2.70. The van der Waals surface area contributed by atoms with Gasteiger partial charge in [-0.1, -0.05) is 53.9 Å². The van der Waals surface area contributed by atoms with Gasteiger partial charge in [-0.05, 0) is 67.6 Å². The number of piperidine rings is 1. The van der Waals surface area contributed by atoms with Gasteiger partial charge in [0.15, 0.2) is 0 Å². The molecule has 0 aromatic heterocycles. The summed E-state index contributed by atoms with van der Waals surface area (Å²) in [6.07, 6.45) is 4.39. The first kappa shape index (κ1) is 32.7. The topological polar surface area (TPSA) is 177 Å². The molecule has 4 rings (SSSR count). The van der Waals surface area contributed by atoms with Crippen molar-refractivity contribution in [2.45, 2.75) is 117 Å². The molecular formula is C31H49N5O7. The number of esters is 1. The molecule has 0 aromatic carbocycles. The lowest BCUT2D eigenvalue weighted by Crippen LogP contribution is -2.62. The van der Waals surface area contributed by atoms with E-state index in [9.17, 15) is 28.8 Å². The van der Waals surface area contributed by atoms with E-state index in [4.69, 9.17) is 10.5 Å². The predicted molar refractivity (Wildman–Crippen MR) is 157 cm³/mol. The Morgan fingerprint density at radius 1 is 0.977 bits per heavy atom. The van der Waals surface area contributed by atoms with Crippen molar-refractivity contribution in [2.75, 3.05) is 6.54 Å². The third-order valence-corrected chi connectivity index (χ3v) is 9.80. The van der Waals surface area contributed by atoms with Gasteiger partial charge in [0.2, 0.25) is 17.6 Å². The molecule has 240 valence electrons. The minimum Gasteiger partial charge on any atom is -0.461 e. The van der Waals surface area contributed by atoms with Crippen molar-refractivity contribution in [3.63, 3.8) is 0 Å². The number of urea groups is 1. The molecule has 3 saturated carbocycles. The molecule has 3 aliphatic carbocycles. The van der Waals surface area contributed by atoms with E-state index >= 15 is 0 Å². The van der Waals surface area contributed by atoms with Crippen molar-refractivity contribution in [3.8, 4) is 0 Å². The van der Waals surface area contributed by atoms with E-state index in [1.54, 1.807) is 13.8 Å². The molecule has 0 spiro atoms. The molecular weight excluding hydrogens is 554 g/mol. The van der Waals surface area contributed by atoms with E-state index < -0.39 is 65.1 Å². The zero-order chi connectivity index (χ0) is 32.0. The Morgan fingerprint density at radius 2 is 1.60 bits per heavy atom. The molecule has 12 nitrogen and oxygen atoms in total. The highest BCUT2D eigenvalue weighted by molar-refractivity contribution is 6.37. The lowest BCUT2D eigenvalue weighted by Gasteiger charge is -2.38. The maximum absolute atomic E-state index is 14.2. The number of nitrogens with zero attached hydrogens (tertiary/aromatic N) is 1. The van der Waals surface area contributed by atoms with Gasteiger partial charge in [-0.3, -0.25) is 19.2 Å². The van der Waals surface area contributed by atoms with Crippen LogP contribution in [-0.4, -0.2) is 77.2 Å². The number of Topliss-reactive ketones (excluding diaryl/α,β-unsaturated/α-hetero) is 1. The first-order valence-corrected chi connectivity index (χ1v) is 15.7. The number of nitrogens with one attached hydrogen (secondary N) is 3.